The van der Waals surface area contributed by atoms with Crippen LogP contribution in [-0.4, -0.2) is 44.7 Å². The number of phenolic OH excluding ortho intramolecular Hbond substituents is 2. The summed E-state index contributed by atoms with van der Waals surface area (Å²) in [6, 6.07) is 7.35. The monoisotopic (exact) mass is 530 g/mol. The first-order valence-corrected chi connectivity index (χ1v) is 13.2. The van der Waals surface area contributed by atoms with Crippen LogP contribution in [0, 0.1) is 0 Å². The maximum absolute atomic E-state index is 12.8. The molecule has 0 saturated heterocycles. The smallest absolute Gasteiger partial charge is 0.315 e. The molecule has 0 aliphatic carbocycles. The number of hydrogen-bond acceptors (Lipinski definition) is 5. The fourth-order valence-electron chi connectivity index (χ4n) is 4.41. The van der Waals surface area contributed by atoms with Gasteiger partial charge in [0, 0.05) is 0 Å². The molecule has 0 spiro atoms. The van der Waals surface area contributed by atoms with Gasteiger partial charge >= 0.3 is 5.97 Å². The third-order valence-electron chi connectivity index (χ3n) is 6.51. The zero-order valence-electron chi connectivity index (χ0n) is 25.4. The predicted octanol–water partition coefficient (Wildman–Crippen LogP) is 6.48. The molecule has 38 heavy (non-hydrogen) atoms. The van der Waals surface area contributed by atoms with Crippen molar-refractivity contribution in [3.63, 3.8) is 0 Å². The van der Waals surface area contributed by atoms with Gasteiger partial charge in [-0.25, -0.2) is 0 Å². The normalized spacial score (nSPS) is 12.8. The van der Waals surface area contributed by atoms with Crippen LogP contribution in [0.4, 0.5) is 0 Å². The summed E-state index contributed by atoms with van der Waals surface area (Å²) in [5, 5.41) is 48.0. The second-order valence-corrected chi connectivity index (χ2v) is 14.1. The molecule has 0 amide bonds. The average Bonchev–Trinajstić information content (AvgIpc) is 2.72. The van der Waals surface area contributed by atoms with Crippen LogP contribution in [0.5, 0.6) is 11.5 Å². The molecule has 0 saturated carbocycles. The molecule has 2 aromatic carbocycles. The van der Waals surface area contributed by atoms with Gasteiger partial charge in [0.25, 0.3) is 0 Å². The minimum atomic E-state index is -0.962. The highest BCUT2D eigenvalue weighted by molar-refractivity contribution is 5.81. The molecule has 0 radical (unpaired) electrons. The van der Waals surface area contributed by atoms with Gasteiger partial charge in [-0.15, -0.1) is 0 Å². The lowest BCUT2D eigenvalue weighted by Gasteiger charge is -2.31. The molecule has 214 valence electrons. The number of aliphatic hydroxyl groups excluding tert-OH is 2. The van der Waals surface area contributed by atoms with Crippen molar-refractivity contribution in [1.29, 1.82) is 0 Å². The molecule has 6 nitrogen and oxygen atoms in total. The van der Waals surface area contributed by atoms with Gasteiger partial charge in [-0.2, -0.15) is 0 Å². The number of carboxylic acids is 1. The van der Waals surface area contributed by atoms with Gasteiger partial charge in [0.05, 0.1) is 13.2 Å². The average molecular weight is 531 g/mol. The zero-order valence-corrected chi connectivity index (χ0v) is 25.4. The molecule has 0 heterocycles. The highest BCUT2D eigenvalue weighted by atomic mass is 16.4. The maximum Gasteiger partial charge on any atom is 0.315 e. The van der Waals surface area contributed by atoms with Crippen LogP contribution in [0.3, 0.4) is 0 Å². The first-order valence-electron chi connectivity index (χ1n) is 13.2. The standard InChI is InChI=1S/C30H44O4.C2H6O2/c1-27(2,3)19-13-17(14-20(24(19)31)28(4,5)6)23(26(33)34)18-15-21(29(7,8)9)25(32)22(16-18)30(10,11)12;3-1-2-4/h13-16,23,31-32H,1-12H3,(H,33,34);3-4H,1-2H2. The lowest BCUT2D eigenvalue weighted by molar-refractivity contribution is -0.137. The highest BCUT2D eigenvalue weighted by Gasteiger charge is 2.34. The van der Waals surface area contributed by atoms with Gasteiger partial charge in [-0.05, 0) is 55.0 Å². The van der Waals surface area contributed by atoms with Gasteiger partial charge in [-0.3, -0.25) is 4.79 Å². The summed E-state index contributed by atoms with van der Waals surface area (Å²) in [7, 11) is 0. The van der Waals surface area contributed by atoms with Crippen LogP contribution in [0.1, 0.15) is 122 Å². The van der Waals surface area contributed by atoms with E-state index < -0.39 is 11.9 Å². The molecule has 2 rings (SSSR count). The number of carbonyl (C=O) groups is 1. The Morgan fingerprint density at radius 1 is 0.579 bits per heavy atom. The molecule has 6 heteroatoms. The first kappa shape index (κ1) is 33.5. The molecule has 0 aliphatic rings. The van der Waals surface area contributed by atoms with Crippen LogP contribution in [0.15, 0.2) is 24.3 Å². The molecule has 0 fully saturated rings. The largest absolute Gasteiger partial charge is 0.507 e. The van der Waals surface area contributed by atoms with Gasteiger partial charge in [-0.1, -0.05) is 107 Å². The topological polar surface area (TPSA) is 118 Å². The van der Waals surface area contributed by atoms with Gasteiger partial charge in [0.2, 0.25) is 0 Å². The van der Waals surface area contributed by atoms with Crippen molar-refractivity contribution in [3.05, 3.63) is 57.6 Å². The summed E-state index contributed by atoms with van der Waals surface area (Å²) in [4.78, 5) is 12.8. The van der Waals surface area contributed by atoms with E-state index in [1.54, 1.807) is 0 Å². The Morgan fingerprint density at radius 2 is 0.789 bits per heavy atom. The van der Waals surface area contributed by atoms with Crippen LogP contribution in [0.2, 0.25) is 0 Å². The molecule has 2 aromatic rings. The molecule has 5 N–H and O–H groups in total. The Hall–Kier alpha value is -2.57. The minimum Gasteiger partial charge on any atom is -0.507 e. The van der Waals surface area contributed by atoms with E-state index in [-0.39, 0.29) is 46.4 Å². The summed E-state index contributed by atoms with van der Waals surface area (Å²) in [5.74, 6) is -1.45. The van der Waals surface area contributed by atoms with Crippen molar-refractivity contribution in [2.24, 2.45) is 0 Å². The Morgan fingerprint density at radius 3 is 0.921 bits per heavy atom. The fraction of sp³-hybridized carbons (Fsp3) is 0.594. The van der Waals surface area contributed by atoms with E-state index >= 15 is 0 Å². The summed E-state index contributed by atoms with van der Waals surface area (Å²) in [5.41, 5.74) is 2.70. The lowest BCUT2D eigenvalue weighted by atomic mass is 9.74. The van der Waals surface area contributed by atoms with Crippen LogP contribution >= 0.6 is 0 Å². The number of rotatable bonds is 4. The minimum absolute atomic E-state index is 0.125. The molecule has 0 aliphatic heterocycles. The van der Waals surface area contributed by atoms with Crippen molar-refractivity contribution in [2.75, 3.05) is 13.2 Å². The molecule has 0 bridgehead atoms. The van der Waals surface area contributed by atoms with Crippen LogP contribution in [0.25, 0.3) is 0 Å². The second-order valence-electron chi connectivity index (χ2n) is 14.1. The molecular formula is C32H50O6. The van der Waals surface area contributed by atoms with E-state index in [4.69, 9.17) is 10.2 Å². The Bertz CT molecular complexity index is 965. The first-order chi connectivity index (χ1) is 17.0. The predicted molar refractivity (Wildman–Crippen MR) is 155 cm³/mol. The van der Waals surface area contributed by atoms with E-state index in [0.717, 1.165) is 22.3 Å². The summed E-state index contributed by atoms with van der Waals surface area (Å²) >= 11 is 0. The second kappa shape index (κ2) is 11.7. The van der Waals surface area contributed by atoms with Crippen molar-refractivity contribution in [2.45, 2.75) is 111 Å². The number of hydrogen-bond donors (Lipinski definition) is 5. The van der Waals surface area contributed by atoms with Crippen LogP contribution in [-0.2, 0) is 26.5 Å². The number of aromatic hydroxyl groups is 2. The van der Waals surface area contributed by atoms with Crippen molar-refractivity contribution in [1.82, 2.24) is 0 Å². The Balaban J connectivity index is 0.00000168. The van der Waals surface area contributed by atoms with E-state index in [2.05, 4.69) is 0 Å². The third-order valence-corrected chi connectivity index (χ3v) is 6.51. The Kier molecular flexibility index (Phi) is 10.3. The van der Waals surface area contributed by atoms with Gasteiger partial charge < -0.3 is 25.5 Å². The number of aliphatic hydroxyl groups is 2. The summed E-state index contributed by atoms with van der Waals surface area (Å²) < 4.78 is 0. The van der Waals surface area contributed by atoms with Gasteiger partial charge in [0.15, 0.2) is 0 Å². The SMILES string of the molecule is CC(C)(C)c1cc(C(C(=O)O)c2cc(C(C)(C)C)c(O)c(C(C)(C)C)c2)cc(C(C)(C)C)c1O.OCCO. The summed E-state index contributed by atoms with van der Waals surface area (Å²) in [6.45, 7) is 24.0. The highest BCUT2D eigenvalue weighted by Crippen LogP contribution is 2.45. The van der Waals surface area contributed by atoms with E-state index in [1.807, 2.05) is 107 Å². The number of aliphatic carboxylic acids is 1. The third kappa shape index (κ3) is 7.97. The van der Waals surface area contributed by atoms with Crippen molar-refractivity contribution < 1.29 is 30.3 Å². The molecule has 0 unspecified atom stereocenters. The molecular weight excluding hydrogens is 480 g/mol. The number of benzene rings is 2. The van der Waals surface area contributed by atoms with Crippen molar-refractivity contribution in [3.8, 4) is 11.5 Å². The van der Waals surface area contributed by atoms with E-state index in [1.165, 1.54) is 0 Å². The fourth-order valence-corrected chi connectivity index (χ4v) is 4.41. The molecule has 0 atom stereocenters. The lowest BCUT2D eigenvalue weighted by Crippen LogP contribution is -2.22. The van der Waals surface area contributed by atoms with Crippen molar-refractivity contribution >= 4 is 5.97 Å². The van der Waals surface area contributed by atoms with Crippen LogP contribution < -0.4 is 0 Å². The summed E-state index contributed by atoms with van der Waals surface area (Å²) in [6.07, 6.45) is 0. The van der Waals surface area contributed by atoms with E-state index in [9.17, 15) is 20.1 Å². The quantitative estimate of drug-likeness (QED) is 0.309. The van der Waals surface area contributed by atoms with Gasteiger partial charge in [0.1, 0.15) is 17.4 Å². The Labute approximate surface area is 229 Å². The van der Waals surface area contributed by atoms with E-state index in [0.29, 0.717) is 11.1 Å². The zero-order chi connectivity index (χ0) is 30.0. The molecule has 0 aromatic heterocycles. The number of carboxylic acid groups (broad SMARTS) is 1. The maximum atomic E-state index is 12.8. The number of phenols is 2.